The number of para-hydroxylation sites is 1. The Labute approximate surface area is 98.7 Å². The van der Waals surface area contributed by atoms with Gasteiger partial charge in [0, 0.05) is 5.56 Å². The SMILES string of the molecule is COc1ccccc1-c1c(F)cc(C)cc1F. The van der Waals surface area contributed by atoms with E-state index in [2.05, 4.69) is 0 Å². The molecule has 0 aliphatic carbocycles. The van der Waals surface area contributed by atoms with Gasteiger partial charge in [0.2, 0.25) is 0 Å². The van der Waals surface area contributed by atoms with E-state index in [1.165, 1.54) is 19.2 Å². The van der Waals surface area contributed by atoms with Crippen LogP contribution in [-0.2, 0) is 0 Å². The van der Waals surface area contributed by atoms with Crippen molar-refractivity contribution in [1.29, 1.82) is 0 Å². The maximum atomic E-state index is 13.8. The van der Waals surface area contributed by atoms with Crippen LogP contribution in [0.15, 0.2) is 36.4 Å². The summed E-state index contributed by atoms with van der Waals surface area (Å²) in [7, 11) is 1.48. The fourth-order valence-corrected chi connectivity index (χ4v) is 1.81. The van der Waals surface area contributed by atoms with Gasteiger partial charge in [0.15, 0.2) is 0 Å². The molecule has 1 nitrogen and oxygen atoms in total. The summed E-state index contributed by atoms with van der Waals surface area (Å²) in [5.74, 6) is -0.701. The Bertz CT molecular complexity index is 527. The molecule has 0 bridgehead atoms. The van der Waals surface area contributed by atoms with Gasteiger partial charge in [-0.15, -0.1) is 0 Å². The molecule has 0 radical (unpaired) electrons. The van der Waals surface area contributed by atoms with Crippen LogP contribution in [0, 0.1) is 18.6 Å². The summed E-state index contributed by atoms with van der Waals surface area (Å²) in [5.41, 5.74) is 0.927. The average molecular weight is 234 g/mol. The highest BCUT2D eigenvalue weighted by Crippen LogP contribution is 2.33. The highest BCUT2D eigenvalue weighted by atomic mass is 19.1. The first-order valence-corrected chi connectivity index (χ1v) is 5.22. The first kappa shape index (κ1) is 11.6. The van der Waals surface area contributed by atoms with Crippen LogP contribution in [0.25, 0.3) is 11.1 Å². The predicted octanol–water partition coefficient (Wildman–Crippen LogP) is 3.95. The molecule has 0 unspecified atom stereocenters. The lowest BCUT2D eigenvalue weighted by atomic mass is 10.0. The fraction of sp³-hybridized carbons (Fsp3) is 0.143. The molecule has 2 aromatic rings. The minimum Gasteiger partial charge on any atom is -0.496 e. The summed E-state index contributed by atoms with van der Waals surface area (Å²) in [6.45, 7) is 1.65. The average Bonchev–Trinajstić information content (AvgIpc) is 2.28. The summed E-state index contributed by atoms with van der Waals surface area (Å²) >= 11 is 0. The van der Waals surface area contributed by atoms with E-state index < -0.39 is 11.6 Å². The van der Waals surface area contributed by atoms with E-state index in [9.17, 15) is 8.78 Å². The van der Waals surface area contributed by atoms with Crippen molar-refractivity contribution in [2.24, 2.45) is 0 Å². The molecule has 0 heterocycles. The second kappa shape index (κ2) is 4.53. The maximum absolute atomic E-state index is 13.8. The molecular weight excluding hydrogens is 222 g/mol. The molecule has 88 valence electrons. The molecule has 0 aromatic heterocycles. The van der Waals surface area contributed by atoms with Gasteiger partial charge in [-0.2, -0.15) is 0 Å². The third kappa shape index (κ3) is 2.13. The predicted molar refractivity (Wildman–Crippen MR) is 63.1 cm³/mol. The topological polar surface area (TPSA) is 9.23 Å². The highest BCUT2D eigenvalue weighted by Gasteiger charge is 2.15. The molecule has 0 aliphatic rings. The molecule has 0 saturated heterocycles. The minimum atomic E-state index is -0.577. The van der Waals surface area contributed by atoms with Crippen LogP contribution in [0.1, 0.15) is 5.56 Å². The second-order valence-corrected chi connectivity index (χ2v) is 3.80. The summed E-state index contributed by atoms with van der Waals surface area (Å²) < 4.78 is 32.7. The smallest absolute Gasteiger partial charge is 0.134 e. The third-order valence-electron chi connectivity index (χ3n) is 2.56. The Balaban J connectivity index is 2.68. The highest BCUT2D eigenvalue weighted by molar-refractivity contribution is 5.71. The lowest BCUT2D eigenvalue weighted by Gasteiger charge is -2.10. The molecular formula is C14H12F2O. The summed E-state index contributed by atoms with van der Waals surface area (Å²) in [5, 5.41) is 0. The van der Waals surface area contributed by atoms with E-state index in [1.807, 2.05) is 0 Å². The largest absolute Gasteiger partial charge is 0.496 e. The molecule has 0 N–H and O–H groups in total. The molecule has 0 amide bonds. The van der Waals surface area contributed by atoms with Crippen LogP contribution in [0.4, 0.5) is 8.78 Å². The zero-order valence-electron chi connectivity index (χ0n) is 9.63. The third-order valence-corrected chi connectivity index (χ3v) is 2.56. The van der Waals surface area contributed by atoms with Gasteiger partial charge in [-0.3, -0.25) is 0 Å². The van der Waals surface area contributed by atoms with Crippen LogP contribution in [0.2, 0.25) is 0 Å². The number of methoxy groups -OCH3 is 1. The van der Waals surface area contributed by atoms with Crippen molar-refractivity contribution in [2.75, 3.05) is 7.11 Å². The van der Waals surface area contributed by atoms with Crippen LogP contribution in [0.5, 0.6) is 5.75 Å². The molecule has 0 atom stereocenters. The molecule has 2 aromatic carbocycles. The van der Waals surface area contributed by atoms with Gasteiger partial charge in [-0.25, -0.2) is 8.78 Å². The molecule has 0 aliphatic heterocycles. The molecule has 0 spiro atoms. The van der Waals surface area contributed by atoms with E-state index in [0.29, 0.717) is 16.9 Å². The van der Waals surface area contributed by atoms with Gasteiger partial charge in [0.1, 0.15) is 17.4 Å². The fourth-order valence-electron chi connectivity index (χ4n) is 1.81. The molecule has 0 saturated carbocycles. The second-order valence-electron chi connectivity index (χ2n) is 3.80. The first-order valence-electron chi connectivity index (χ1n) is 5.22. The van der Waals surface area contributed by atoms with Crippen LogP contribution < -0.4 is 4.74 Å². The van der Waals surface area contributed by atoms with Crippen LogP contribution in [-0.4, -0.2) is 7.11 Å². The Morgan fingerprint density at radius 3 is 2.18 bits per heavy atom. The monoisotopic (exact) mass is 234 g/mol. The Hall–Kier alpha value is -1.90. The normalized spacial score (nSPS) is 10.4. The zero-order chi connectivity index (χ0) is 12.4. The number of aryl methyl sites for hydroxylation is 1. The van der Waals surface area contributed by atoms with E-state index in [0.717, 1.165) is 0 Å². The quantitative estimate of drug-likeness (QED) is 0.764. The number of ether oxygens (including phenoxy) is 1. The number of hydrogen-bond donors (Lipinski definition) is 0. The molecule has 3 heteroatoms. The molecule has 17 heavy (non-hydrogen) atoms. The van der Waals surface area contributed by atoms with Gasteiger partial charge in [0.25, 0.3) is 0 Å². The summed E-state index contributed by atoms with van der Waals surface area (Å²) in [4.78, 5) is 0. The van der Waals surface area contributed by atoms with Crippen molar-refractivity contribution < 1.29 is 13.5 Å². The maximum Gasteiger partial charge on any atom is 0.134 e. The van der Waals surface area contributed by atoms with Crippen molar-refractivity contribution in [3.05, 3.63) is 53.6 Å². The lowest BCUT2D eigenvalue weighted by molar-refractivity contribution is 0.415. The van der Waals surface area contributed by atoms with Crippen molar-refractivity contribution in [3.63, 3.8) is 0 Å². The van der Waals surface area contributed by atoms with E-state index >= 15 is 0 Å². The van der Waals surface area contributed by atoms with E-state index in [4.69, 9.17) is 4.74 Å². The standard InChI is InChI=1S/C14H12F2O/c1-9-7-11(15)14(12(16)8-9)10-5-3-4-6-13(10)17-2/h3-8H,1-2H3. The Morgan fingerprint density at radius 2 is 1.59 bits per heavy atom. The van der Waals surface area contributed by atoms with Gasteiger partial charge in [-0.05, 0) is 30.7 Å². The van der Waals surface area contributed by atoms with Crippen LogP contribution in [0.3, 0.4) is 0 Å². The van der Waals surface area contributed by atoms with Gasteiger partial charge in [-0.1, -0.05) is 18.2 Å². The molecule has 0 fully saturated rings. The number of rotatable bonds is 2. The van der Waals surface area contributed by atoms with Gasteiger partial charge < -0.3 is 4.74 Å². The minimum absolute atomic E-state index is 0.0481. The van der Waals surface area contributed by atoms with Gasteiger partial charge >= 0.3 is 0 Å². The van der Waals surface area contributed by atoms with Crippen molar-refractivity contribution in [1.82, 2.24) is 0 Å². The number of benzene rings is 2. The van der Waals surface area contributed by atoms with E-state index in [-0.39, 0.29) is 5.56 Å². The molecule has 2 rings (SSSR count). The van der Waals surface area contributed by atoms with E-state index in [1.54, 1.807) is 31.2 Å². The number of halogens is 2. The zero-order valence-corrected chi connectivity index (χ0v) is 9.63. The van der Waals surface area contributed by atoms with Crippen molar-refractivity contribution >= 4 is 0 Å². The van der Waals surface area contributed by atoms with Crippen molar-refractivity contribution in [3.8, 4) is 16.9 Å². The first-order chi connectivity index (χ1) is 8.13. The van der Waals surface area contributed by atoms with Gasteiger partial charge in [0.05, 0.1) is 12.7 Å². The summed E-state index contributed by atoms with van der Waals surface area (Å²) in [6, 6.07) is 9.41. The number of hydrogen-bond acceptors (Lipinski definition) is 1. The van der Waals surface area contributed by atoms with Crippen LogP contribution >= 0.6 is 0 Å². The summed E-state index contributed by atoms with van der Waals surface area (Å²) in [6.07, 6.45) is 0. The Morgan fingerprint density at radius 1 is 1.00 bits per heavy atom. The Kier molecular flexibility index (Phi) is 3.09. The lowest BCUT2D eigenvalue weighted by Crippen LogP contribution is -1.94. The van der Waals surface area contributed by atoms with Crippen molar-refractivity contribution in [2.45, 2.75) is 6.92 Å².